The molecule has 0 bridgehead atoms. The molecule has 3 N–H and O–H groups in total. The molecular formula is C17H21N3O2S. The molecule has 2 rings (SSSR count). The summed E-state index contributed by atoms with van der Waals surface area (Å²) in [7, 11) is 3.22. The van der Waals surface area contributed by atoms with Gasteiger partial charge in [0, 0.05) is 16.7 Å². The van der Waals surface area contributed by atoms with Crippen LogP contribution < -0.4 is 20.5 Å². The van der Waals surface area contributed by atoms with Crippen LogP contribution in [0, 0.1) is 0 Å². The number of guanidine groups is 1. The lowest BCUT2D eigenvalue weighted by molar-refractivity contribution is 0.405. The average molecular weight is 331 g/mol. The molecule has 0 aromatic heterocycles. The summed E-state index contributed by atoms with van der Waals surface area (Å²) in [5.41, 5.74) is 6.66. The number of rotatable bonds is 7. The molecule has 0 saturated heterocycles. The zero-order valence-electron chi connectivity index (χ0n) is 13.3. The van der Waals surface area contributed by atoms with E-state index >= 15 is 0 Å². The van der Waals surface area contributed by atoms with Crippen LogP contribution in [0.3, 0.4) is 0 Å². The number of hydrogen-bond donors (Lipinski definition) is 2. The Labute approximate surface area is 140 Å². The van der Waals surface area contributed by atoms with Gasteiger partial charge in [0.2, 0.25) is 0 Å². The molecule has 0 aliphatic heterocycles. The van der Waals surface area contributed by atoms with Gasteiger partial charge in [-0.1, -0.05) is 18.2 Å². The summed E-state index contributed by atoms with van der Waals surface area (Å²) >= 11 is 1.75. The van der Waals surface area contributed by atoms with Crippen molar-refractivity contribution in [2.24, 2.45) is 10.7 Å². The highest BCUT2D eigenvalue weighted by molar-refractivity contribution is 7.99. The molecular weight excluding hydrogens is 310 g/mol. The number of ether oxygens (including phenoxy) is 2. The topological polar surface area (TPSA) is 68.9 Å². The van der Waals surface area contributed by atoms with Crippen LogP contribution >= 0.6 is 11.8 Å². The van der Waals surface area contributed by atoms with E-state index < -0.39 is 0 Å². The van der Waals surface area contributed by atoms with Gasteiger partial charge in [0.1, 0.15) is 11.5 Å². The second-order valence-electron chi connectivity index (χ2n) is 4.62. The average Bonchev–Trinajstić information content (AvgIpc) is 2.59. The number of benzene rings is 2. The van der Waals surface area contributed by atoms with Crippen LogP contribution in [-0.4, -0.2) is 32.5 Å². The summed E-state index contributed by atoms with van der Waals surface area (Å²) < 4.78 is 10.5. The highest BCUT2D eigenvalue weighted by atomic mass is 32.2. The summed E-state index contributed by atoms with van der Waals surface area (Å²) in [4.78, 5) is 5.56. The number of nitrogens with two attached hydrogens (primary N) is 1. The first-order valence-corrected chi connectivity index (χ1v) is 8.18. The lowest BCUT2D eigenvalue weighted by atomic mass is 10.2. The highest BCUT2D eigenvalue weighted by Crippen LogP contribution is 2.28. The van der Waals surface area contributed by atoms with Gasteiger partial charge < -0.3 is 20.5 Å². The molecule has 0 unspecified atom stereocenters. The largest absolute Gasteiger partial charge is 0.497 e. The van der Waals surface area contributed by atoms with E-state index in [9.17, 15) is 0 Å². The minimum absolute atomic E-state index is 0.352. The minimum Gasteiger partial charge on any atom is -0.497 e. The molecule has 2 aromatic rings. The van der Waals surface area contributed by atoms with E-state index in [0.717, 1.165) is 17.2 Å². The molecule has 122 valence electrons. The Morgan fingerprint density at radius 3 is 2.61 bits per heavy atom. The van der Waals surface area contributed by atoms with Gasteiger partial charge in [-0.25, -0.2) is 0 Å². The van der Waals surface area contributed by atoms with Crippen molar-refractivity contribution in [1.82, 2.24) is 0 Å². The number of anilines is 1. The van der Waals surface area contributed by atoms with Crippen LogP contribution in [0.25, 0.3) is 0 Å². The smallest absolute Gasteiger partial charge is 0.193 e. The summed E-state index contributed by atoms with van der Waals surface area (Å²) in [6.45, 7) is 0.630. The van der Waals surface area contributed by atoms with Crippen LogP contribution in [0.4, 0.5) is 5.69 Å². The Bertz CT molecular complexity index is 648. The molecule has 0 saturated carbocycles. The third-order valence-electron chi connectivity index (χ3n) is 3.05. The molecule has 0 heterocycles. The Morgan fingerprint density at radius 2 is 1.91 bits per heavy atom. The second kappa shape index (κ2) is 8.95. The molecule has 0 radical (unpaired) electrons. The Morgan fingerprint density at radius 1 is 1.13 bits per heavy atom. The highest BCUT2D eigenvalue weighted by Gasteiger charge is 2.05. The van der Waals surface area contributed by atoms with Crippen molar-refractivity contribution in [1.29, 1.82) is 0 Å². The number of hydrogen-bond acceptors (Lipinski definition) is 4. The van der Waals surface area contributed by atoms with Crippen LogP contribution in [-0.2, 0) is 0 Å². The van der Waals surface area contributed by atoms with Gasteiger partial charge in [-0.2, -0.15) is 0 Å². The summed E-state index contributed by atoms with van der Waals surface area (Å²) in [6.07, 6.45) is 0. The van der Waals surface area contributed by atoms with Crippen LogP contribution in [0.5, 0.6) is 11.5 Å². The lowest BCUT2D eigenvalue weighted by Gasteiger charge is -2.12. The third-order valence-corrected chi connectivity index (χ3v) is 4.05. The Kier molecular flexibility index (Phi) is 6.62. The van der Waals surface area contributed by atoms with Crippen LogP contribution in [0.2, 0.25) is 0 Å². The summed E-state index contributed by atoms with van der Waals surface area (Å²) in [6, 6.07) is 15.7. The van der Waals surface area contributed by atoms with Crippen molar-refractivity contribution in [3.05, 3.63) is 48.5 Å². The van der Waals surface area contributed by atoms with Crippen molar-refractivity contribution in [2.75, 3.05) is 31.8 Å². The van der Waals surface area contributed by atoms with Crippen molar-refractivity contribution in [3.63, 3.8) is 0 Å². The Balaban J connectivity index is 1.89. The van der Waals surface area contributed by atoms with Gasteiger partial charge in [0.15, 0.2) is 5.96 Å². The van der Waals surface area contributed by atoms with E-state index in [1.807, 2.05) is 36.4 Å². The molecule has 0 atom stereocenters. The Hall–Kier alpha value is -2.34. The van der Waals surface area contributed by atoms with E-state index in [2.05, 4.69) is 22.4 Å². The van der Waals surface area contributed by atoms with Gasteiger partial charge in [-0.3, -0.25) is 4.99 Å². The number of aliphatic imine (C=N–C) groups is 1. The zero-order chi connectivity index (χ0) is 16.5. The van der Waals surface area contributed by atoms with E-state index in [1.54, 1.807) is 26.0 Å². The first-order chi connectivity index (χ1) is 11.2. The minimum atomic E-state index is 0.352. The molecule has 2 aromatic carbocycles. The van der Waals surface area contributed by atoms with Gasteiger partial charge in [-0.15, -0.1) is 11.8 Å². The predicted molar refractivity (Wildman–Crippen MR) is 96.8 cm³/mol. The maximum absolute atomic E-state index is 5.93. The van der Waals surface area contributed by atoms with Gasteiger partial charge >= 0.3 is 0 Å². The number of nitrogens with zero attached hydrogens (tertiary/aromatic N) is 1. The lowest BCUT2D eigenvalue weighted by Crippen LogP contribution is -2.23. The molecule has 0 fully saturated rings. The van der Waals surface area contributed by atoms with E-state index in [4.69, 9.17) is 15.2 Å². The molecule has 0 amide bonds. The van der Waals surface area contributed by atoms with Crippen molar-refractivity contribution in [2.45, 2.75) is 4.90 Å². The number of nitrogens with one attached hydrogen (secondary N) is 1. The fourth-order valence-electron chi connectivity index (χ4n) is 1.94. The second-order valence-corrected chi connectivity index (χ2v) is 5.79. The van der Waals surface area contributed by atoms with E-state index in [1.165, 1.54) is 4.90 Å². The van der Waals surface area contributed by atoms with Crippen molar-refractivity contribution < 1.29 is 9.47 Å². The zero-order valence-corrected chi connectivity index (χ0v) is 14.1. The van der Waals surface area contributed by atoms with Gasteiger partial charge in [0.05, 0.1) is 26.5 Å². The van der Waals surface area contributed by atoms with Crippen LogP contribution in [0.15, 0.2) is 58.4 Å². The van der Waals surface area contributed by atoms with Gasteiger partial charge in [-0.05, 0) is 24.3 Å². The van der Waals surface area contributed by atoms with Crippen molar-refractivity contribution >= 4 is 23.4 Å². The summed E-state index contributed by atoms with van der Waals surface area (Å²) in [5, 5.41) is 3.05. The maximum atomic E-state index is 5.93. The molecule has 0 aliphatic rings. The van der Waals surface area contributed by atoms with Crippen LogP contribution in [0.1, 0.15) is 0 Å². The first kappa shape index (κ1) is 17.0. The quantitative estimate of drug-likeness (QED) is 0.353. The van der Waals surface area contributed by atoms with Gasteiger partial charge in [0.25, 0.3) is 0 Å². The number of thioether (sulfide) groups is 1. The first-order valence-electron chi connectivity index (χ1n) is 7.19. The fraction of sp³-hybridized carbons (Fsp3) is 0.235. The predicted octanol–water partition coefficient (Wildman–Crippen LogP) is 3.22. The maximum Gasteiger partial charge on any atom is 0.193 e. The molecule has 6 heteroatoms. The SMILES string of the molecule is COc1ccc(OC)c(NC(N)=NCCSc2ccccc2)c1. The standard InChI is InChI=1S/C17H21N3O2S/c1-21-13-8-9-16(22-2)15(12-13)20-17(18)19-10-11-23-14-6-4-3-5-7-14/h3-9,12H,10-11H2,1-2H3,(H3,18,19,20). The monoisotopic (exact) mass is 331 g/mol. The van der Waals surface area contributed by atoms with E-state index in [-0.39, 0.29) is 0 Å². The van der Waals surface area contributed by atoms with E-state index in [0.29, 0.717) is 18.3 Å². The number of methoxy groups -OCH3 is 2. The fourth-order valence-corrected chi connectivity index (χ4v) is 2.70. The summed E-state index contributed by atoms with van der Waals surface area (Å²) in [5.74, 6) is 2.62. The third kappa shape index (κ3) is 5.41. The molecule has 0 spiro atoms. The molecule has 5 nitrogen and oxygen atoms in total. The molecule has 0 aliphatic carbocycles. The van der Waals surface area contributed by atoms with Crippen molar-refractivity contribution in [3.8, 4) is 11.5 Å². The molecule has 23 heavy (non-hydrogen) atoms. The normalized spacial score (nSPS) is 11.1.